The van der Waals surface area contributed by atoms with Crippen LogP contribution in [0.1, 0.15) is 29.2 Å². The molecule has 0 radical (unpaired) electrons. The van der Waals surface area contributed by atoms with Gasteiger partial charge in [-0.05, 0) is 41.0 Å². The predicted molar refractivity (Wildman–Crippen MR) is 138 cm³/mol. The maximum absolute atomic E-state index is 12.7. The molecule has 4 rings (SSSR count). The molecule has 0 saturated heterocycles. The van der Waals surface area contributed by atoms with E-state index in [-0.39, 0.29) is 35.7 Å². The third kappa shape index (κ3) is 7.28. The number of rotatable bonds is 11. The normalized spacial score (nSPS) is 12.0. The maximum atomic E-state index is 12.7. The summed E-state index contributed by atoms with van der Waals surface area (Å²) in [6, 6.07) is 33.7. The largest absolute Gasteiger partial charge is 0.461 e. The van der Waals surface area contributed by atoms with Crippen LogP contribution in [0.4, 0.5) is 0 Å². The van der Waals surface area contributed by atoms with Gasteiger partial charge in [0.2, 0.25) is 0 Å². The third-order valence-corrected chi connectivity index (χ3v) is 6.79. The molecule has 0 fully saturated rings. The van der Waals surface area contributed by atoms with Crippen molar-refractivity contribution in [3.05, 3.63) is 132 Å². The van der Waals surface area contributed by atoms with Crippen LogP contribution in [-0.2, 0) is 32.8 Å². The Morgan fingerprint density at radius 3 is 1.89 bits per heavy atom. The van der Waals surface area contributed by atoms with E-state index < -0.39 is 10.1 Å². The van der Waals surface area contributed by atoms with Crippen LogP contribution >= 0.6 is 0 Å². The smallest absolute Gasteiger partial charge is 0.339 e. The molecule has 0 bridgehead atoms. The summed E-state index contributed by atoms with van der Waals surface area (Å²) in [5.74, 6) is -0.146. The second kappa shape index (κ2) is 12.2. The van der Waals surface area contributed by atoms with E-state index in [0.717, 1.165) is 16.7 Å². The first kappa shape index (κ1) is 25.2. The Morgan fingerprint density at radius 1 is 0.722 bits per heavy atom. The van der Waals surface area contributed by atoms with Crippen molar-refractivity contribution in [2.45, 2.75) is 30.5 Å². The standard InChI is InChI=1S/C29H27NO5S/c31-29(34-22-24-12-6-2-7-13-24)20-28(30-21-23-10-4-1-5-11-23)25-16-18-26(19-17-25)35-36(32,33)27-14-8-3-9-15-27/h1-19,28,30H,20-22H2. The van der Waals surface area contributed by atoms with Crippen LogP contribution in [0.15, 0.2) is 120 Å². The van der Waals surface area contributed by atoms with Crippen LogP contribution in [0.25, 0.3) is 0 Å². The van der Waals surface area contributed by atoms with E-state index in [1.807, 2.05) is 60.7 Å². The van der Waals surface area contributed by atoms with Gasteiger partial charge in [-0.15, -0.1) is 0 Å². The van der Waals surface area contributed by atoms with Gasteiger partial charge in [0.15, 0.2) is 0 Å². The number of carbonyl (C=O) groups is 1. The lowest BCUT2D eigenvalue weighted by Crippen LogP contribution is -2.24. The molecule has 1 atom stereocenters. The highest BCUT2D eigenvalue weighted by Gasteiger charge is 2.19. The molecule has 1 unspecified atom stereocenters. The van der Waals surface area contributed by atoms with E-state index >= 15 is 0 Å². The monoisotopic (exact) mass is 501 g/mol. The van der Waals surface area contributed by atoms with Crippen molar-refractivity contribution < 1.29 is 22.1 Å². The minimum absolute atomic E-state index is 0.0812. The number of benzene rings is 4. The summed E-state index contributed by atoms with van der Waals surface area (Å²) >= 11 is 0. The minimum Gasteiger partial charge on any atom is -0.461 e. The second-order valence-corrected chi connectivity index (χ2v) is 9.74. The van der Waals surface area contributed by atoms with Gasteiger partial charge in [0.05, 0.1) is 6.42 Å². The van der Waals surface area contributed by atoms with Crippen molar-refractivity contribution in [1.82, 2.24) is 5.32 Å². The Hall–Kier alpha value is -3.94. The van der Waals surface area contributed by atoms with Gasteiger partial charge in [0.25, 0.3) is 0 Å². The number of esters is 1. The Balaban J connectivity index is 1.45. The van der Waals surface area contributed by atoms with Gasteiger partial charge in [-0.1, -0.05) is 91.0 Å². The van der Waals surface area contributed by atoms with Crippen molar-refractivity contribution in [1.29, 1.82) is 0 Å². The van der Waals surface area contributed by atoms with Gasteiger partial charge in [0.1, 0.15) is 17.3 Å². The molecule has 0 amide bonds. The number of ether oxygens (including phenoxy) is 1. The molecule has 0 heterocycles. The summed E-state index contributed by atoms with van der Waals surface area (Å²) in [5.41, 5.74) is 2.81. The fourth-order valence-electron chi connectivity index (χ4n) is 3.63. The molecule has 0 aliphatic heterocycles. The van der Waals surface area contributed by atoms with Crippen LogP contribution in [0.3, 0.4) is 0 Å². The summed E-state index contributed by atoms with van der Waals surface area (Å²) in [6.07, 6.45) is 0.113. The molecule has 36 heavy (non-hydrogen) atoms. The SMILES string of the molecule is O=C(CC(NCc1ccccc1)c1ccc(OS(=O)(=O)c2ccccc2)cc1)OCc1ccccc1. The van der Waals surface area contributed by atoms with Crippen LogP contribution in [0.2, 0.25) is 0 Å². The lowest BCUT2D eigenvalue weighted by Gasteiger charge is -2.19. The zero-order valence-corrected chi connectivity index (χ0v) is 20.4. The molecule has 0 aliphatic carbocycles. The zero-order valence-electron chi connectivity index (χ0n) is 19.6. The summed E-state index contributed by atoms with van der Waals surface area (Å²) in [6.45, 7) is 0.757. The number of hydrogen-bond acceptors (Lipinski definition) is 6. The molecule has 6 nitrogen and oxygen atoms in total. The average Bonchev–Trinajstić information content (AvgIpc) is 2.92. The highest BCUT2D eigenvalue weighted by molar-refractivity contribution is 7.87. The zero-order chi connectivity index (χ0) is 25.2. The molecule has 4 aromatic rings. The topological polar surface area (TPSA) is 81.7 Å². The second-order valence-electron chi connectivity index (χ2n) is 8.19. The molecule has 1 N–H and O–H groups in total. The van der Waals surface area contributed by atoms with Gasteiger partial charge in [-0.2, -0.15) is 8.42 Å². The highest BCUT2D eigenvalue weighted by atomic mass is 32.2. The fourth-order valence-corrected chi connectivity index (χ4v) is 4.58. The van der Waals surface area contributed by atoms with E-state index in [1.54, 1.807) is 42.5 Å². The first-order valence-corrected chi connectivity index (χ1v) is 13.0. The first-order valence-electron chi connectivity index (χ1n) is 11.6. The van der Waals surface area contributed by atoms with Gasteiger partial charge < -0.3 is 14.2 Å². The van der Waals surface area contributed by atoms with E-state index in [0.29, 0.717) is 6.54 Å². The van der Waals surface area contributed by atoms with Gasteiger partial charge in [-0.3, -0.25) is 4.79 Å². The minimum atomic E-state index is -3.94. The van der Waals surface area contributed by atoms with Crippen molar-refractivity contribution in [3.63, 3.8) is 0 Å². The number of nitrogens with one attached hydrogen (secondary N) is 1. The number of carbonyl (C=O) groups excluding carboxylic acids is 1. The van der Waals surface area contributed by atoms with Crippen LogP contribution in [0.5, 0.6) is 5.75 Å². The quantitative estimate of drug-likeness (QED) is 0.218. The molecular formula is C29H27NO5S. The maximum Gasteiger partial charge on any atom is 0.339 e. The summed E-state index contributed by atoms with van der Waals surface area (Å²) in [5, 5.41) is 3.42. The molecule has 0 saturated carbocycles. The van der Waals surface area contributed by atoms with E-state index in [9.17, 15) is 13.2 Å². The Bertz CT molecular complexity index is 1340. The predicted octanol–water partition coefficient (Wildman–Crippen LogP) is 5.42. The van der Waals surface area contributed by atoms with Crippen LogP contribution in [-0.4, -0.2) is 14.4 Å². The van der Waals surface area contributed by atoms with Gasteiger partial charge >= 0.3 is 16.1 Å². The van der Waals surface area contributed by atoms with Crippen molar-refractivity contribution in [2.75, 3.05) is 0 Å². The molecule has 7 heteroatoms. The average molecular weight is 502 g/mol. The molecule has 0 aliphatic rings. The van der Waals surface area contributed by atoms with Crippen molar-refractivity contribution in [2.24, 2.45) is 0 Å². The molecule has 4 aromatic carbocycles. The van der Waals surface area contributed by atoms with Crippen LogP contribution in [0, 0.1) is 0 Å². The fraction of sp³-hybridized carbons (Fsp3) is 0.138. The highest BCUT2D eigenvalue weighted by Crippen LogP contribution is 2.24. The Kier molecular flexibility index (Phi) is 8.49. The molecule has 184 valence electrons. The lowest BCUT2D eigenvalue weighted by molar-refractivity contribution is -0.145. The van der Waals surface area contributed by atoms with E-state index in [1.165, 1.54) is 12.1 Å². The van der Waals surface area contributed by atoms with Gasteiger partial charge in [-0.25, -0.2) is 0 Å². The van der Waals surface area contributed by atoms with Crippen LogP contribution < -0.4 is 9.50 Å². The summed E-state index contributed by atoms with van der Waals surface area (Å²) in [4.78, 5) is 12.7. The molecule has 0 aromatic heterocycles. The number of hydrogen-bond donors (Lipinski definition) is 1. The van der Waals surface area contributed by atoms with E-state index in [4.69, 9.17) is 8.92 Å². The van der Waals surface area contributed by atoms with E-state index in [2.05, 4.69) is 5.32 Å². The summed E-state index contributed by atoms with van der Waals surface area (Å²) < 4.78 is 35.8. The van der Waals surface area contributed by atoms with Crippen molar-refractivity contribution in [3.8, 4) is 5.75 Å². The first-order chi connectivity index (χ1) is 17.5. The summed E-state index contributed by atoms with van der Waals surface area (Å²) in [7, 11) is -3.94. The van der Waals surface area contributed by atoms with Crippen molar-refractivity contribution >= 4 is 16.1 Å². The Labute approximate surface area is 211 Å². The Morgan fingerprint density at radius 2 is 1.28 bits per heavy atom. The molecular weight excluding hydrogens is 474 g/mol. The third-order valence-electron chi connectivity index (χ3n) is 5.53. The van der Waals surface area contributed by atoms with Gasteiger partial charge in [0, 0.05) is 12.6 Å². The molecule has 0 spiro atoms. The lowest BCUT2D eigenvalue weighted by atomic mass is 10.0.